The summed E-state index contributed by atoms with van der Waals surface area (Å²) in [5.41, 5.74) is 2.93. The zero-order valence-electron chi connectivity index (χ0n) is 20.2. The highest BCUT2D eigenvalue weighted by molar-refractivity contribution is 5.66. The first-order valence-corrected chi connectivity index (χ1v) is 11.9. The highest BCUT2D eigenvalue weighted by Crippen LogP contribution is 2.31. The monoisotopic (exact) mass is 486 g/mol. The van der Waals surface area contributed by atoms with E-state index in [1.54, 1.807) is 0 Å². The van der Waals surface area contributed by atoms with E-state index in [2.05, 4.69) is 5.92 Å². The molecule has 6 nitrogen and oxygen atoms in total. The van der Waals surface area contributed by atoms with Crippen LogP contribution in [0.4, 0.5) is 0 Å². The molecule has 0 amide bonds. The minimum atomic E-state index is -1.05. The van der Waals surface area contributed by atoms with Crippen molar-refractivity contribution < 1.29 is 28.5 Å². The fourth-order valence-electron chi connectivity index (χ4n) is 4.05. The number of carbonyl (C=O) groups excluding carboxylic acids is 1. The first-order chi connectivity index (χ1) is 17.6. The second-order valence-electron chi connectivity index (χ2n) is 8.48. The zero-order chi connectivity index (χ0) is 25.2. The summed E-state index contributed by atoms with van der Waals surface area (Å²) in [6.07, 6.45) is 1.88. The van der Waals surface area contributed by atoms with Gasteiger partial charge in [0, 0.05) is 6.92 Å². The molecule has 0 bridgehead atoms. The lowest BCUT2D eigenvalue weighted by atomic mass is 9.98. The largest absolute Gasteiger partial charge is 0.433 e. The molecule has 0 aliphatic carbocycles. The Labute approximate surface area is 212 Å². The summed E-state index contributed by atoms with van der Waals surface area (Å²) >= 11 is 0. The number of benzene rings is 3. The summed E-state index contributed by atoms with van der Waals surface area (Å²) in [6, 6.07) is 29.3. The van der Waals surface area contributed by atoms with Crippen LogP contribution in [0.1, 0.15) is 23.6 Å². The lowest BCUT2D eigenvalue weighted by Crippen LogP contribution is -2.60. The van der Waals surface area contributed by atoms with Gasteiger partial charge in [0.15, 0.2) is 6.10 Å². The molecule has 0 spiro atoms. The molecule has 1 saturated heterocycles. The van der Waals surface area contributed by atoms with Gasteiger partial charge in [0.05, 0.1) is 19.8 Å². The zero-order valence-corrected chi connectivity index (χ0v) is 20.2. The van der Waals surface area contributed by atoms with E-state index >= 15 is 0 Å². The molecule has 1 unspecified atom stereocenters. The molecule has 3 aromatic rings. The third-order valence-electron chi connectivity index (χ3n) is 5.80. The molecule has 0 aromatic heterocycles. The lowest BCUT2D eigenvalue weighted by Gasteiger charge is -2.44. The van der Waals surface area contributed by atoms with E-state index in [1.807, 2.05) is 91.0 Å². The van der Waals surface area contributed by atoms with Gasteiger partial charge in [0.25, 0.3) is 0 Å². The third-order valence-corrected chi connectivity index (χ3v) is 5.80. The van der Waals surface area contributed by atoms with Gasteiger partial charge in [0.1, 0.15) is 18.3 Å². The van der Waals surface area contributed by atoms with Crippen molar-refractivity contribution in [3.05, 3.63) is 108 Å². The number of hydrogen-bond donors (Lipinski definition) is 0. The van der Waals surface area contributed by atoms with Gasteiger partial charge in [-0.15, -0.1) is 6.42 Å². The van der Waals surface area contributed by atoms with Crippen LogP contribution in [0.3, 0.4) is 0 Å². The van der Waals surface area contributed by atoms with Crippen molar-refractivity contribution in [2.24, 2.45) is 0 Å². The van der Waals surface area contributed by atoms with Gasteiger partial charge in [-0.05, 0) is 16.7 Å². The summed E-state index contributed by atoms with van der Waals surface area (Å²) < 4.78 is 30.5. The molecule has 1 aliphatic heterocycles. The van der Waals surface area contributed by atoms with E-state index in [0.717, 1.165) is 16.7 Å². The smallest absolute Gasteiger partial charge is 0.305 e. The molecule has 186 valence electrons. The maximum Gasteiger partial charge on any atom is 0.305 e. The number of carbonyl (C=O) groups is 1. The van der Waals surface area contributed by atoms with Crippen molar-refractivity contribution in [1.82, 2.24) is 0 Å². The van der Waals surface area contributed by atoms with E-state index in [4.69, 9.17) is 30.1 Å². The van der Waals surface area contributed by atoms with Crippen molar-refractivity contribution >= 4 is 5.97 Å². The molecule has 0 saturated carbocycles. The summed E-state index contributed by atoms with van der Waals surface area (Å²) in [7, 11) is 0. The van der Waals surface area contributed by atoms with E-state index in [1.165, 1.54) is 6.92 Å². The Bertz CT molecular complexity index is 1110. The van der Waals surface area contributed by atoms with Crippen molar-refractivity contribution in [3.8, 4) is 12.3 Å². The van der Waals surface area contributed by atoms with Gasteiger partial charge in [-0.3, -0.25) is 4.79 Å². The SMILES string of the molecule is C#C[C@H]1OC(OC(C)=O)[C@H](OCc2ccccc2)[C@@H](OCc2ccccc2)[C@H]1OCc1ccccc1. The Hall–Kier alpha value is -3.47. The molecule has 1 aliphatic rings. The van der Waals surface area contributed by atoms with Crippen LogP contribution in [0.2, 0.25) is 0 Å². The number of rotatable bonds is 10. The van der Waals surface area contributed by atoms with Crippen LogP contribution < -0.4 is 0 Å². The van der Waals surface area contributed by atoms with Crippen molar-refractivity contribution in [2.75, 3.05) is 0 Å². The first kappa shape index (κ1) is 25.6. The van der Waals surface area contributed by atoms with Gasteiger partial charge in [0.2, 0.25) is 6.29 Å². The minimum Gasteiger partial charge on any atom is -0.433 e. The number of terminal acetylenes is 1. The van der Waals surface area contributed by atoms with Gasteiger partial charge in [-0.1, -0.05) is 96.9 Å². The second kappa shape index (κ2) is 13.0. The second-order valence-corrected chi connectivity index (χ2v) is 8.48. The van der Waals surface area contributed by atoms with Gasteiger partial charge >= 0.3 is 5.97 Å². The van der Waals surface area contributed by atoms with Crippen LogP contribution in [0.15, 0.2) is 91.0 Å². The van der Waals surface area contributed by atoms with Crippen LogP contribution in [-0.2, 0) is 48.3 Å². The molecule has 36 heavy (non-hydrogen) atoms. The van der Waals surface area contributed by atoms with E-state index in [0.29, 0.717) is 13.2 Å². The van der Waals surface area contributed by atoms with Crippen LogP contribution >= 0.6 is 0 Å². The Kier molecular flexibility index (Phi) is 9.26. The van der Waals surface area contributed by atoms with Crippen LogP contribution in [-0.4, -0.2) is 36.7 Å². The maximum absolute atomic E-state index is 11.9. The van der Waals surface area contributed by atoms with Crippen molar-refractivity contribution in [1.29, 1.82) is 0 Å². The van der Waals surface area contributed by atoms with E-state index in [-0.39, 0.29) is 6.61 Å². The highest BCUT2D eigenvalue weighted by atomic mass is 16.7. The minimum absolute atomic E-state index is 0.268. The molecular formula is C30H30O6. The van der Waals surface area contributed by atoms with Crippen LogP contribution in [0.5, 0.6) is 0 Å². The molecule has 0 N–H and O–H groups in total. The van der Waals surface area contributed by atoms with Gasteiger partial charge in [-0.2, -0.15) is 0 Å². The van der Waals surface area contributed by atoms with Crippen LogP contribution in [0, 0.1) is 12.3 Å². The Morgan fingerprint density at radius 3 is 1.56 bits per heavy atom. The van der Waals surface area contributed by atoms with Gasteiger partial charge < -0.3 is 23.7 Å². The molecule has 3 aromatic carbocycles. The molecule has 6 heteroatoms. The predicted octanol–water partition coefficient (Wildman–Crippen LogP) is 4.66. The molecule has 0 radical (unpaired) electrons. The molecule has 5 atom stereocenters. The number of esters is 1. The quantitative estimate of drug-likeness (QED) is 0.307. The van der Waals surface area contributed by atoms with Crippen LogP contribution in [0.25, 0.3) is 0 Å². The van der Waals surface area contributed by atoms with E-state index in [9.17, 15) is 4.79 Å². The maximum atomic E-state index is 11.9. The lowest BCUT2D eigenvalue weighted by molar-refractivity contribution is -0.304. The molecule has 1 fully saturated rings. The standard InChI is InChI=1S/C30H30O6/c1-3-26-27(32-19-23-13-7-4-8-14-23)28(33-20-24-15-9-5-10-16-24)29(30(36-26)35-22(2)31)34-21-25-17-11-6-12-18-25/h1,4-18,26-30H,19-21H2,2H3/t26-,27+,28+,29-,30?/m1/s1. The Balaban J connectivity index is 1.61. The average molecular weight is 487 g/mol. The molecular weight excluding hydrogens is 456 g/mol. The fraction of sp³-hybridized carbons (Fsp3) is 0.300. The average Bonchev–Trinajstić information content (AvgIpc) is 2.91. The number of ether oxygens (including phenoxy) is 5. The summed E-state index contributed by atoms with van der Waals surface area (Å²) in [4.78, 5) is 11.9. The first-order valence-electron chi connectivity index (χ1n) is 11.9. The molecule has 4 rings (SSSR count). The van der Waals surface area contributed by atoms with Crippen molar-refractivity contribution in [2.45, 2.75) is 57.5 Å². The van der Waals surface area contributed by atoms with E-state index < -0.39 is 36.7 Å². The summed E-state index contributed by atoms with van der Waals surface area (Å²) in [6.45, 7) is 2.19. The summed E-state index contributed by atoms with van der Waals surface area (Å²) in [5, 5.41) is 0. The topological polar surface area (TPSA) is 63.2 Å². The number of hydrogen-bond acceptors (Lipinski definition) is 6. The Morgan fingerprint density at radius 2 is 1.14 bits per heavy atom. The highest BCUT2D eigenvalue weighted by Gasteiger charge is 2.49. The van der Waals surface area contributed by atoms with Crippen molar-refractivity contribution in [3.63, 3.8) is 0 Å². The molecule has 1 heterocycles. The Morgan fingerprint density at radius 1 is 0.722 bits per heavy atom. The fourth-order valence-corrected chi connectivity index (χ4v) is 4.05. The third kappa shape index (κ3) is 7.03. The summed E-state index contributed by atoms with van der Waals surface area (Å²) in [5.74, 6) is 2.14. The van der Waals surface area contributed by atoms with Gasteiger partial charge in [-0.25, -0.2) is 0 Å². The normalized spacial score (nSPS) is 23.5. The predicted molar refractivity (Wildman–Crippen MR) is 134 cm³/mol.